The van der Waals surface area contributed by atoms with Gasteiger partial charge in [0.15, 0.2) is 0 Å². The van der Waals surface area contributed by atoms with Gasteiger partial charge in [0.2, 0.25) is 0 Å². The average molecular weight is 363 g/mol. The molecule has 0 aliphatic rings. The zero-order chi connectivity index (χ0) is 14.8. The maximum atomic E-state index is 6.13. The summed E-state index contributed by atoms with van der Waals surface area (Å²) >= 11 is 9.60. The zero-order valence-electron chi connectivity index (χ0n) is 11.1. The summed E-state index contributed by atoms with van der Waals surface area (Å²) in [6.07, 6.45) is 0. The van der Waals surface area contributed by atoms with Crippen molar-refractivity contribution < 1.29 is 4.74 Å². The van der Waals surface area contributed by atoms with Gasteiger partial charge in [0, 0.05) is 20.7 Å². The molecule has 0 saturated carbocycles. The van der Waals surface area contributed by atoms with E-state index in [1.54, 1.807) is 12.1 Å². The number of halogens is 2. The Kier molecular flexibility index (Phi) is 4.04. The Labute approximate surface area is 136 Å². The molecule has 0 aliphatic heterocycles. The number of fused-ring (bicyclic) bond motifs is 1. The van der Waals surface area contributed by atoms with E-state index in [4.69, 9.17) is 22.1 Å². The molecule has 3 aromatic rings. The van der Waals surface area contributed by atoms with Crippen LogP contribution in [0.4, 0.5) is 5.69 Å². The van der Waals surface area contributed by atoms with Crippen LogP contribution in [-0.4, -0.2) is 0 Å². The molecule has 0 heterocycles. The highest BCUT2D eigenvalue weighted by Gasteiger charge is 2.03. The van der Waals surface area contributed by atoms with Gasteiger partial charge < -0.3 is 10.5 Å². The lowest BCUT2D eigenvalue weighted by molar-refractivity contribution is 0.307. The standard InChI is InChI=1S/C17H13BrClNO/c18-14-3-1-12-9-16(5-2-11(12)7-14)21-10-13-8-15(20)4-6-17(13)19/h1-9H,10,20H2. The van der Waals surface area contributed by atoms with Crippen molar-refractivity contribution >= 4 is 44.0 Å². The highest BCUT2D eigenvalue weighted by atomic mass is 79.9. The molecule has 0 spiro atoms. The van der Waals surface area contributed by atoms with Gasteiger partial charge in [0.25, 0.3) is 0 Å². The predicted octanol–water partition coefficient (Wildman–Crippen LogP) is 5.42. The van der Waals surface area contributed by atoms with Gasteiger partial charge in [-0.2, -0.15) is 0 Å². The molecule has 0 aliphatic carbocycles. The number of rotatable bonds is 3. The van der Waals surface area contributed by atoms with E-state index in [0.717, 1.165) is 21.2 Å². The molecular weight excluding hydrogens is 350 g/mol. The summed E-state index contributed by atoms with van der Waals surface area (Å²) in [6.45, 7) is 0.395. The zero-order valence-corrected chi connectivity index (χ0v) is 13.5. The van der Waals surface area contributed by atoms with E-state index in [1.165, 1.54) is 5.39 Å². The summed E-state index contributed by atoms with van der Waals surface area (Å²) in [5, 5.41) is 2.96. The summed E-state index contributed by atoms with van der Waals surface area (Å²) in [7, 11) is 0. The molecule has 21 heavy (non-hydrogen) atoms. The lowest BCUT2D eigenvalue weighted by atomic mass is 10.1. The summed E-state index contributed by atoms with van der Waals surface area (Å²) in [4.78, 5) is 0. The first-order valence-electron chi connectivity index (χ1n) is 6.48. The molecule has 0 radical (unpaired) electrons. The van der Waals surface area contributed by atoms with Crippen LogP contribution < -0.4 is 10.5 Å². The quantitative estimate of drug-likeness (QED) is 0.632. The lowest BCUT2D eigenvalue weighted by Gasteiger charge is -2.09. The Morgan fingerprint density at radius 1 is 0.952 bits per heavy atom. The molecule has 3 rings (SSSR count). The molecular formula is C17H13BrClNO. The molecule has 0 aromatic heterocycles. The van der Waals surface area contributed by atoms with Crippen LogP contribution in [0.5, 0.6) is 5.75 Å². The van der Waals surface area contributed by atoms with E-state index in [2.05, 4.69) is 28.1 Å². The third kappa shape index (κ3) is 3.31. The first-order valence-corrected chi connectivity index (χ1v) is 7.65. The molecule has 4 heteroatoms. The van der Waals surface area contributed by atoms with Crippen LogP contribution in [0.25, 0.3) is 10.8 Å². The van der Waals surface area contributed by atoms with Crippen LogP contribution in [0.1, 0.15) is 5.56 Å². The Hall–Kier alpha value is -1.71. The van der Waals surface area contributed by atoms with Crippen molar-refractivity contribution in [2.75, 3.05) is 5.73 Å². The topological polar surface area (TPSA) is 35.2 Å². The number of anilines is 1. The molecule has 0 unspecified atom stereocenters. The van der Waals surface area contributed by atoms with E-state index < -0.39 is 0 Å². The van der Waals surface area contributed by atoms with Gasteiger partial charge in [-0.25, -0.2) is 0 Å². The highest BCUT2D eigenvalue weighted by molar-refractivity contribution is 9.10. The van der Waals surface area contributed by atoms with Gasteiger partial charge in [-0.15, -0.1) is 0 Å². The van der Waals surface area contributed by atoms with Gasteiger partial charge >= 0.3 is 0 Å². The van der Waals surface area contributed by atoms with Crippen LogP contribution >= 0.6 is 27.5 Å². The Morgan fingerprint density at radius 3 is 2.57 bits per heavy atom. The third-order valence-corrected chi connectivity index (χ3v) is 4.10. The summed E-state index contributed by atoms with van der Waals surface area (Å²) in [5.74, 6) is 0.809. The smallest absolute Gasteiger partial charge is 0.120 e. The Bertz CT molecular complexity index is 804. The van der Waals surface area contributed by atoms with Crippen molar-refractivity contribution in [3.05, 3.63) is 69.7 Å². The van der Waals surface area contributed by atoms with Crippen LogP contribution in [0.2, 0.25) is 5.02 Å². The maximum absolute atomic E-state index is 6.13. The van der Waals surface area contributed by atoms with Gasteiger partial charge in [-0.1, -0.05) is 39.7 Å². The largest absolute Gasteiger partial charge is 0.489 e. The van der Waals surface area contributed by atoms with Crippen molar-refractivity contribution in [1.29, 1.82) is 0 Å². The third-order valence-electron chi connectivity index (χ3n) is 3.24. The first-order chi connectivity index (χ1) is 10.1. The van der Waals surface area contributed by atoms with Gasteiger partial charge in [-0.05, 0) is 53.2 Å². The molecule has 106 valence electrons. The minimum atomic E-state index is 0.395. The Morgan fingerprint density at radius 2 is 1.71 bits per heavy atom. The second kappa shape index (κ2) is 5.96. The van der Waals surface area contributed by atoms with E-state index in [0.29, 0.717) is 17.3 Å². The van der Waals surface area contributed by atoms with Crippen molar-refractivity contribution in [3.63, 3.8) is 0 Å². The van der Waals surface area contributed by atoms with Crippen LogP contribution in [-0.2, 0) is 6.61 Å². The normalized spacial score (nSPS) is 10.8. The minimum Gasteiger partial charge on any atom is -0.489 e. The molecule has 0 bridgehead atoms. The second-order valence-electron chi connectivity index (χ2n) is 4.79. The van der Waals surface area contributed by atoms with Crippen molar-refractivity contribution in [1.82, 2.24) is 0 Å². The SMILES string of the molecule is Nc1ccc(Cl)c(COc2ccc3cc(Br)ccc3c2)c1. The van der Waals surface area contributed by atoms with Crippen molar-refractivity contribution in [3.8, 4) is 5.75 Å². The molecule has 0 fully saturated rings. The molecule has 0 saturated heterocycles. The minimum absolute atomic E-state index is 0.395. The van der Waals surface area contributed by atoms with Crippen LogP contribution in [0.3, 0.4) is 0 Å². The van der Waals surface area contributed by atoms with Crippen LogP contribution in [0, 0.1) is 0 Å². The van der Waals surface area contributed by atoms with Crippen LogP contribution in [0.15, 0.2) is 59.1 Å². The highest BCUT2D eigenvalue weighted by Crippen LogP contribution is 2.26. The summed E-state index contributed by atoms with van der Waals surface area (Å²) in [5.41, 5.74) is 7.33. The fourth-order valence-corrected chi connectivity index (χ4v) is 2.70. The molecule has 2 N–H and O–H groups in total. The fourth-order valence-electron chi connectivity index (χ4n) is 2.15. The number of ether oxygens (including phenoxy) is 1. The van der Waals surface area contributed by atoms with E-state index in [1.807, 2.05) is 30.3 Å². The number of hydrogen-bond donors (Lipinski definition) is 1. The van der Waals surface area contributed by atoms with E-state index in [-0.39, 0.29) is 0 Å². The lowest BCUT2D eigenvalue weighted by Crippen LogP contribution is -1.97. The maximum Gasteiger partial charge on any atom is 0.120 e. The predicted molar refractivity (Wildman–Crippen MR) is 91.8 cm³/mol. The Balaban J connectivity index is 1.82. The van der Waals surface area contributed by atoms with Gasteiger partial charge in [0.1, 0.15) is 12.4 Å². The summed E-state index contributed by atoms with van der Waals surface area (Å²) < 4.78 is 6.88. The average Bonchev–Trinajstić information content (AvgIpc) is 2.48. The first kappa shape index (κ1) is 14.2. The van der Waals surface area contributed by atoms with Crippen molar-refractivity contribution in [2.24, 2.45) is 0 Å². The molecule has 3 aromatic carbocycles. The number of hydrogen-bond acceptors (Lipinski definition) is 2. The summed E-state index contributed by atoms with van der Waals surface area (Å²) in [6, 6.07) is 17.6. The molecule has 0 amide bonds. The molecule has 0 atom stereocenters. The van der Waals surface area contributed by atoms with Crippen molar-refractivity contribution in [2.45, 2.75) is 6.61 Å². The van der Waals surface area contributed by atoms with Gasteiger partial charge in [0.05, 0.1) is 0 Å². The second-order valence-corrected chi connectivity index (χ2v) is 6.12. The molecule has 2 nitrogen and oxygen atoms in total. The van der Waals surface area contributed by atoms with E-state index >= 15 is 0 Å². The van der Waals surface area contributed by atoms with Gasteiger partial charge in [-0.3, -0.25) is 0 Å². The monoisotopic (exact) mass is 361 g/mol. The van der Waals surface area contributed by atoms with E-state index in [9.17, 15) is 0 Å². The number of nitrogens with two attached hydrogens (primary N) is 1. The number of benzene rings is 3. The number of nitrogen functional groups attached to an aromatic ring is 1. The fraction of sp³-hybridized carbons (Fsp3) is 0.0588.